The largest absolute Gasteiger partial charge is 0.325 e. The van der Waals surface area contributed by atoms with Crippen LogP contribution in [0.3, 0.4) is 0 Å². The predicted octanol–water partition coefficient (Wildman–Crippen LogP) is 9.74. The highest BCUT2D eigenvalue weighted by atomic mass is 16.1. The molecule has 0 unspecified atom stereocenters. The number of fused-ring (bicyclic) bond motifs is 3. The molecular formula is C32H41NO. The van der Waals surface area contributed by atoms with Gasteiger partial charge in [-0.25, -0.2) is 0 Å². The highest BCUT2D eigenvalue weighted by Crippen LogP contribution is 2.32. The van der Waals surface area contributed by atoms with Crippen LogP contribution in [0.1, 0.15) is 84.0 Å². The van der Waals surface area contributed by atoms with Crippen LogP contribution in [0.2, 0.25) is 0 Å². The van der Waals surface area contributed by atoms with Gasteiger partial charge in [-0.2, -0.15) is 0 Å². The Bertz CT molecular complexity index is 1080. The van der Waals surface area contributed by atoms with Crippen molar-refractivity contribution in [2.45, 2.75) is 84.0 Å². The van der Waals surface area contributed by atoms with Gasteiger partial charge in [0.1, 0.15) is 0 Å². The number of hydrogen-bond donors (Lipinski definition) is 1. The number of amides is 1. The van der Waals surface area contributed by atoms with E-state index in [1.807, 2.05) is 12.1 Å². The molecule has 0 aliphatic heterocycles. The second-order valence-corrected chi connectivity index (χ2v) is 9.22. The topological polar surface area (TPSA) is 29.1 Å². The lowest BCUT2D eigenvalue weighted by atomic mass is 10.00. The van der Waals surface area contributed by atoms with Gasteiger partial charge in [0.15, 0.2) is 0 Å². The molecule has 0 bridgehead atoms. The third-order valence-electron chi connectivity index (χ3n) is 6.40. The molecule has 2 heteroatoms. The number of allylic oxidation sites excluding steroid dienone is 4. The van der Waals surface area contributed by atoms with Gasteiger partial charge in [0.2, 0.25) is 5.91 Å². The number of benzene rings is 3. The number of carbonyl (C=O) groups is 1. The van der Waals surface area contributed by atoms with Crippen molar-refractivity contribution in [2.75, 3.05) is 5.32 Å². The summed E-state index contributed by atoms with van der Waals surface area (Å²) >= 11 is 0. The number of nitrogens with one attached hydrogen (secondary N) is 1. The van der Waals surface area contributed by atoms with Crippen LogP contribution in [0.5, 0.6) is 0 Å². The molecule has 0 spiro atoms. The Morgan fingerprint density at radius 3 is 2.09 bits per heavy atom. The Kier molecular flexibility index (Phi) is 11.4. The summed E-state index contributed by atoms with van der Waals surface area (Å²) in [6, 6.07) is 18.8. The summed E-state index contributed by atoms with van der Waals surface area (Å²) in [6.07, 6.45) is 23.0. The van der Waals surface area contributed by atoms with E-state index in [1.165, 1.54) is 62.1 Å². The maximum absolute atomic E-state index is 12.6. The summed E-state index contributed by atoms with van der Waals surface area (Å²) in [7, 11) is 0. The SMILES string of the molecule is CCCCCC=CCC=CCCCCCCCC(=O)Nc1cc2ccccc2c2ccccc12. The lowest BCUT2D eigenvalue weighted by molar-refractivity contribution is -0.116. The highest BCUT2D eigenvalue weighted by Gasteiger charge is 2.09. The Labute approximate surface area is 206 Å². The van der Waals surface area contributed by atoms with Gasteiger partial charge >= 0.3 is 0 Å². The molecule has 180 valence electrons. The molecular weight excluding hydrogens is 414 g/mol. The van der Waals surface area contributed by atoms with Crippen molar-refractivity contribution in [3.8, 4) is 0 Å². The van der Waals surface area contributed by atoms with Crippen molar-refractivity contribution in [2.24, 2.45) is 0 Å². The van der Waals surface area contributed by atoms with E-state index in [-0.39, 0.29) is 5.91 Å². The molecule has 0 atom stereocenters. The number of anilines is 1. The fraction of sp³-hybridized carbons (Fsp3) is 0.406. The number of unbranched alkanes of at least 4 members (excludes halogenated alkanes) is 8. The maximum Gasteiger partial charge on any atom is 0.224 e. The summed E-state index contributed by atoms with van der Waals surface area (Å²) in [5, 5.41) is 7.85. The van der Waals surface area contributed by atoms with Crippen molar-refractivity contribution in [1.82, 2.24) is 0 Å². The van der Waals surface area contributed by atoms with E-state index in [2.05, 4.69) is 79.0 Å². The second-order valence-electron chi connectivity index (χ2n) is 9.22. The van der Waals surface area contributed by atoms with Gasteiger partial charge in [-0.05, 0) is 60.7 Å². The molecule has 0 heterocycles. The highest BCUT2D eigenvalue weighted by molar-refractivity contribution is 6.15. The second kappa shape index (κ2) is 15.1. The predicted molar refractivity (Wildman–Crippen MR) is 149 cm³/mol. The maximum atomic E-state index is 12.6. The van der Waals surface area contributed by atoms with E-state index in [9.17, 15) is 4.79 Å². The van der Waals surface area contributed by atoms with Crippen molar-refractivity contribution in [1.29, 1.82) is 0 Å². The average molecular weight is 456 g/mol. The first kappa shape index (κ1) is 25.7. The molecule has 1 N–H and O–H groups in total. The Hall–Kier alpha value is -2.87. The van der Waals surface area contributed by atoms with Crippen molar-refractivity contribution < 1.29 is 4.79 Å². The molecule has 0 aliphatic rings. The van der Waals surface area contributed by atoms with E-state index in [0.717, 1.165) is 35.7 Å². The smallest absolute Gasteiger partial charge is 0.224 e. The Morgan fingerprint density at radius 2 is 1.32 bits per heavy atom. The first-order valence-electron chi connectivity index (χ1n) is 13.3. The Balaban J connectivity index is 1.31. The lowest BCUT2D eigenvalue weighted by Gasteiger charge is -2.12. The third-order valence-corrected chi connectivity index (χ3v) is 6.40. The van der Waals surface area contributed by atoms with Crippen LogP contribution < -0.4 is 5.32 Å². The summed E-state index contributed by atoms with van der Waals surface area (Å²) in [5.74, 6) is 0.117. The molecule has 3 aromatic rings. The van der Waals surface area contributed by atoms with Gasteiger partial charge in [-0.1, -0.05) is 112 Å². The Morgan fingerprint density at radius 1 is 0.706 bits per heavy atom. The van der Waals surface area contributed by atoms with Gasteiger partial charge in [-0.15, -0.1) is 0 Å². The molecule has 3 rings (SSSR count). The normalized spacial score (nSPS) is 11.8. The average Bonchev–Trinajstić information content (AvgIpc) is 2.86. The summed E-state index contributed by atoms with van der Waals surface area (Å²) in [5.41, 5.74) is 0.918. The van der Waals surface area contributed by atoms with E-state index < -0.39 is 0 Å². The van der Waals surface area contributed by atoms with Crippen LogP contribution in [0, 0.1) is 0 Å². The molecule has 2 nitrogen and oxygen atoms in total. The number of carbonyl (C=O) groups excluding carboxylic acids is 1. The minimum absolute atomic E-state index is 0.117. The summed E-state index contributed by atoms with van der Waals surface area (Å²) < 4.78 is 0. The molecule has 0 fully saturated rings. The van der Waals surface area contributed by atoms with Crippen LogP contribution in [-0.4, -0.2) is 5.91 Å². The van der Waals surface area contributed by atoms with Gasteiger partial charge < -0.3 is 5.32 Å². The minimum Gasteiger partial charge on any atom is -0.325 e. The first-order valence-corrected chi connectivity index (χ1v) is 13.3. The standard InChI is InChI=1S/C32H41NO/c1-2-3-4-5-6-7-8-9-10-11-12-13-14-15-16-25-32(34)33-31-26-27-21-17-18-22-28(27)29-23-19-20-24-30(29)31/h6-7,9-10,17-24,26H,2-5,8,11-16,25H2,1H3,(H,33,34). The molecule has 0 aliphatic carbocycles. The molecule has 0 aromatic heterocycles. The van der Waals surface area contributed by atoms with E-state index in [1.54, 1.807) is 0 Å². The minimum atomic E-state index is 0.117. The van der Waals surface area contributed by atoms with Crippen LogP contribution in [0.4, 0.5) is 5.69 Å². The van der Waals surface area contributed by atoms with E-state index in [4.69, 9.17) is 0 Å². The lowest BCUT2D eigenvalue weighted by Crippen LogP contribution is -2.11. The first-order chi connectivity index (χ1) is 16.8. The number of rotatable bonds is 15. The van der Waals surface area contributed by atoms with Crippen molar-refractivity contribution >= 4 is 33.1 Å². The van der Waals surface area contributed by atoms with Crippen molar-refractivity contribution in [3.05, 3.63) is 78.9 Å². The molecule has 0 radical (unpaired) electrons. The molecule has 0 saturated carbocycles. The zero-order valence-electron chi connectivity index (χ0n) is 20.9. The zero-order chi connectivity index (χ0) is 23.8. The van der Waals surface area contributed by atoms with Crippen LogP contribution in [0.15, 0.2) is 78.9 Å². The van der Waals surface area contributed by atoms with E-state index >= 15 is 0 Å². The third kappa shape index (κ3) is 8.48. The van der Waals surface area contributed by atoms with Gasteiger partial charge in [0.05, 0.1) is 0 Å². The van der Waals surface area contributed by atoms with Crippen LogP contribution >= 0.6 is 0 Å². The molecule has 1 amide bonds. The zero-order valence-corrected chi connectivity index (χ0v) is 20.9. The summed E-state index contributed by atoms with van der Waals surface area (Å²) in [4.78, 5) is 12.6. The van der Waals surface area contributed by atoms with Crippen LogP contribution in [0.25, 0.3) is 21.5 Å². The summed E-state index contributed by atoms with van der Waals surface area (Å²) in [6.45, 7) is 2.25. The fourth-order valence-electron chi connectivity index (χ4n) is 4.47. The molecule has 0 saturated heterocycles. The van der Waals surface area contributed by atoms with Crippen molar-refractivity contribution in [3.63, 3.8) is 0 Å². The van der Waals surface area contributed by atoms with Gasteiger partial charge in [-0.3, -0.25) is 4.79 Å². The molecule has 3 aromatic carbocycles. The molecule has 34 heavy (non-hydrogen) atoms. The van der Waals surface area contributed by atoms with Crippen LogP contribution in [-0.2, 0) is 4.79 Å². The van der Waals surface area contributed by atoms with Gasteiger partial charge in [0.25, 0.3) is 0 Å². The fourth-order valence-corrected chi connectivity index (χ4v) is 4.47. The number of hydrogen-bond acceptors (Lipinski definition) is 1. The van der Waals surface area contributed by atoms with E-state index in [0.29, 0.717) is 6.42 Å². The monoisotopic (exact) mass is 455 g/mol. The van der Waals surface area contributed by atoms with Gasteiger partial charge in [0, 0.05) is 17.5 Å². The quantitative estimate of drug-likeness (QED) is 0.138.